The lowest BCUT2D eigenvalue weighted by atomic mass is 10.1. The van der Waals surface area contributed by atoms with Gasteiger partial charge in [0.1, 0.15) is 0 Å². The van der Waals surface area contributed by atoms with Gasteiger partial charge in [-0.1, -0.05) is 24.3 Å². The Labute approximate surface area is 93.5 Å². The highest BCUT2D eigenvalue weighted by Gasteiger charge is 2.09. The third-order valence-corrected chi connectivity index (χ3v) is 2.23. The Morgan fingerprint density at radius 3 is 2.87 bits per heavy atom. The third kappa shape index (κ3) is 3.36. The molecule has 0 aliphatic heterocycles. The van der Waals surface area contributed by atoms with E-state index in [0.29, 0.717) is 11.4 Å². The Bertz CT molecular complexity index is 388. The van der Waals surface area contributed by atoms with Crippen molar-refractivity contribution in [3.8, 4) is 0 Å². The third-order valence-electron chi connectivity index (χ3n) is 2.02. The van der Waals surface area contributed by atoms with Crippen molar-refractivity contribution in [2.24, 2.45) is 0 Å². The van der Waals surface area contributed by atoms with Crippen LogP contribution in [0.15, 0.2) is 24.3 Å². The van der Waals surface area contributed by atoms with Crippen LogP contribution in [-0.4, -0.2) is 10.8 Å². The minimum absolute atomic E-state index is 0.156. The minimum Gasteiger partial charge on any atom is -0.258 e. The highest BCUT2D eigenvalue weighted by atomic mass is 35.5. The molecule has 0 amide bonds. The zero-order valence-electron chi connectivity index (χ0n) is 8.44. The first-order valence-electron chi connectivity index (χ1n) is 4.62. The predicted molar refractivity (Wildman–Crippen MR) is 62.2 cm³/mol. The van der Waals surface area contributed by atoms with E-state index in [2.05, 4.69) is 0 Å². The lowest BCUT2D eigenvalue weighted by Crippen LogP contribution is -1.91. The Morgan fingerprint density at radius 1 is 1.53 bits per heavy atom. The van der Waals surface area contributed by atoms with Crippen molar-refractivity contribution >= 4 is 23.4 Å². The standard InChI is InChI=1S/C11H12ClNO2/c1-9-5-6-10(4-2-3-7-12)8-11(9)13(14)15/h2,4-6,8H,3,7H2,1H3. The van der Waals surface area contributed by atoms with Gasteiger partial charge in [-0.15, -0.1) is 11.6 Å². The molecule has 1 rings (SSSR count). The number of benzene rings is 1. The summed E-state index contributed by atoms with van der Waals surface area (Å²) in [6.07, 6.45) is 4.51. The predicted octanol–water partition coefficient (Wildman–Crippen LogP) is 3.55. The molecule has 0 aliphatic carbocycles. The van der Waals surface area contributed by atoms with Gasteiger partial charge in [0.15, 0.2) is 0 Å². The molecule has 0 radical (unpaired) electrons. The van der Waals surface area contributed by atoms with Crippen LogP contribution in [0.2, 0.25) is 0 Å². The molecule has 0 fully saturated rings. The van der Waals surface area contributed by atoms with Crippen molar-refractivity contribution in [2.45, 2.75) is 13.3 Å². The van der Waals surface area contributed by atoms with Gasteiger partial charge in [0.25, 0.3) is 5.69 Å². The van der Waals surface area contributed by atoms with Gasteiger partial charge in [-0.05, 0) is 18.9 Å². The fourth-order valence-corrected chi connectivity index (χ4v) is 1.34. The minimum atomic E-state index is -0.367. The monoisotopic (exact) mass is 225 g/mol. The summed E-state index contributed by atoms with van der Waals surface area (Å²) in [5.41, 5.74) is 1.66. The number of rotatable bonds is 4. The zero-order valence-corrected chi connectivity index (χ0v) is 9.20. The van der Waals surface area contributed by atoms with Gasteiger partial charge >= 0.3 is 0 Å². The van der Waals surface area contributed by atoms with Crippen molar-refractivity contribution in [3.63, 3.8) is 0 Å². The molecule has 0 N–H and O–H groups in total. The lowest BCUT2D eigenvalue weighted by molar-refractivity contribution is -0.385. The van der Waals surface area contributed by atoms with E-state index in [1.165, 1.54) is 0 Å². The Morgan fingerprint density at radius 2 is 2.27 bits per heavy atom. The Hall–Kier alpha value is -1.35. The van der Waals surface area contributed by atoms with Crippen LogP contribution in [0.5, 0.6) is 0 Å². The van der Waals surface area contributed by atoms with Crippen LogP contribution in [0.1, 0.15) is 17.5 Å². The topological polar surface area (TPSA) is 43.1 Å². The van der Waals surface area contributed by atoms with Gasteiger partial charge < -0.3 is 0 Å². The molecule has 0 aromatic heterocycles. The van der Waals surface area contributed by atoms with Crippen molar-refractivity contribution < 1.29 is 4.92 Å². The normalized spacial score (nSPS) is 10.8. The molecule has 1 aromatic carbocycles. The van der Waals surface area contributed by atoms with Crippen LogP contribution in [0, 0.1) is 17.0 Å². The van der Waals surface area contributed by atoms with Gasteiger partial charge in [0.2, 0.25) is 0 Å². The average molecular weight is 226 g/mol. The summed E-state index contributed by atoms with van der Waals surface area (Å²) in [7, 11) is 0. The van der Waals surface area contributed by atoms with Crippen LogP contribution in [0.3, 0.4) is 0 Å². The van der Waals surface area contributed by atoms with Gasteiger partial charge in [-0.25, -0.2) is 0 Å². The summed E-state index contributed by atoms with van der Waals surface area (Å²) >= 11 is 5.52. The molecule has 0 aliphatic rings. The molecule has 0 saturated heterocycles. The highest BCUT2D eigenvalue weighted by molar-refractivity contribution is 6.17. The molecule has 0 unspecified atom stereocenters. The number of nitro benzene ring substituents is 1. The summed E-state index contributed by atoms with van der Waals surface area (Å²) in [5, 5.41) is 10.7. The molecule has 80 valence electrons. The van der Waals surface area contributed by atoms with E-state index >= 15 is 0 Å². The van der Waals surface area contributed by atoms with Gasteiger partial charge in [-0.3, -0.25) is 10.1 Å². The van der Waals surface area contributed by atoms with E-state index in [0.717, 1.165) is 12.0 Å². The number of allylic oxidation sites excluding steroid dienone is 1. The summed E-state index contributed by atoms with van der Waals surface area (Å²) in [5.74, 6) is 0.560. The molecule has 0 atom stereocenters. The first-order chi connectivity index (χ1) is 7.15. The maximum absolute atomic E-state index is 10.7. The fraction of sp³-hybridized carbons (Fsp3) is 0.273. The van der Waals surface area contributed by atoms with Crippen molar-refractivity contribution in [1.29, 1.82) is 0 Å². The second-order valence-electron chi connectivity index (χ2n) is 3.18. The number of nitrogens with zero attached hydrogens (tertiary/aromatic N) is 1. The van der Waals surface area contributed by atoms with E-state index in [4.69, 9.17) is 11.6 Å². The number of halogens is 1. The molecule has 3 nitrogen and oxygen atoms in total. The lowest BCUT2D eigenvalue weighted by Gasteiger charge is -1.98. The van der Waals surface area contributed by atoms with Gasteiger partial charge in [0.05, 0.1) is 4.92 Å². The molecule has 15 heavy (non-hydrogen) atoms. The average Bonchev–Trinajstić information content (AvgIpc) is 2.20. The van der Waals surface area contributed by atoms with Crippen molar-refractivity contribution in [1.82, 2.24) is 0 Å². The van der Waals surface area contributed by atoms with Crippen LogP contribution in [-0.2, 0) is 0 Å². The summed E-state index contributed by atoms with van der Waals surface area (Å²) in [4.78, 5) is 10.3. The van der Waals surface area contributed by atoms with Crippen LogP contribution in [0.25, 0.3) is 6.08 Å². The van der Waals surface area contributed by atoms with Gasteiger partial charge in [-0.2, -0.15) is 0 Å². The molecular formula is C11H12ClNO2. The zero-order chi connectivity index (χ0) is 11.3. The molecule has 0 spiro atoms. The van der Waals surface area contributed by atoms with E-state index in [1.54, 1.807) is 19.1 Å². The summed E-state index contributed by atoms with van der Waals surface area (Å²) in [6.45, 7) is 1.73. The van der Waals surface area contributed by atoms with Crippen LogP contribution < -0.4 is 0 Å². The number of alkyl halides is 1. The Balaban J connectivity index is 2.92. The molecule has 0 bridgehead atoms. The van der Waals surface area contributed by atoms with Crippen LogP contribution >= 0.6 is 11.6 Å². The largest absolute Gasteiger partial charge is 0.272 e. The molecular weight excluding hydrogens is 214 g/mol. The van der Waals surface area contributed by atoms with E-state index in [1.807, 2.05) is 18.2 Å². The first-order valence-corrected chi connectivity index (χ1v) is 5.16. The van der Waals surface area contributed by atoms with Crippen LogP contribution in [0.4, 0.5) is 5.69 Å². The second kappa shape index (κ2) is 5.51. The van der Waals surface area contributed by atoms with E-state index in [-0.39, 0.29) is 10.6 Å². The SMILES string of the molecule is Cc1ccc(C=CCCCl)cc1[N+](=O)[O-]. The highest BCUT2D eigenvalue weighted by Crippen LogP contribution is 2.19. The smallest absolute Gasteiger partial charge is 0.258 e. The van der Waals surface area contributed by atoms with E-state index < -0.39 is 0 Å². The summed E-state index contributed by atoms with van der Waals surface area (Å²) in [6, 6.07) is 5.17. The molecule has 0 saturated carbocycles. The van der Waals surface area contributed by atoms with Gasteiger partial charge in [0, 0.05) is 17.5 Å². The molecule has 0 heterocycles. The molecule has 4 heteroatoms. The fourth-order valence-electron chi connectivity index (χ4n) is 1.21. The number of nitro groups is 1. The summed E-state index contributed by atoms with van der Waals surface area (Å²) < 4.78 is 0. The van der Waals surface area contributed by atoms with Crippen molar-refractivity contribution in [2.75, 3.05) is 5.88 Å². The maximum atomic E-state index is 10.7. The Kier molecular flexibility index (Phi) is 4.31. The second-order valence-corrected chi connectivity index (χ2v) is 3.56. The van der Waals surface area contributed by atoms with E-state index in [9.17, 15) is 10.1 Å². The first kappa shape index (κ1) is 11.7. The quantitative estimate of drug-likeness (QED) is 0.447. The maximum Gasteiger partial charge on any atom is 0.272 e. The number of hydrogen-bond acceptors (Lipinski definition) is 2. The number of aryl methyl sites for hydroxylation is 1. The molecule has 1 aromatic rings. The van der Waals surface area contributed by atoms with Crippen molar-refractivity contribution in [3.05, 3.63) is 45.5 Å². The number of hydrogen-bond donors (Lipinski definition) is 0.